The van der Waals surface area contributed by atoms with Gasteiger partial charge in [0.1, 0.15) is 0 Å². The second-order valence-corrected chi connectivity index (χ2v) is 9.58. The van der Waals surface area contributed by atoms with Crippen molar-refractivity contribution in [1.29, 1.82) is 0 Å². The molecule has 0 radical (unpaired) electrons. The number of anilines is 1. The van der Waals surface area contributed by atoms with Crippen molar-refractivity contribution in [2.45, 2.75) is 32.7 Å². The summed E-state index contributed by atoms with van der Waals surface area (Å²) in [5.41, 5.74) is 11.6. The number of halogens is 1. The van der Waals surface area contributed by atoms with Crippen molar-refractivity contribution in [2.75, 3.05) is 25.4 Å². The quantitative estimate of drug-likeness (QED) is 0.228. The highest BCUT2D eigenvalue weighted by Crippen LogP contribution is 2.30. The van der Waals surface area contributed by atoms with Gasteiger partial charge >= 0.3 is 0 Å². The fourth-order valence-electron chi connectivity index (χ4n) is 4.62. The summed E-state index contributed by atoms with van der Waals surface area (Å²) in [5.74, 6) is 0.0648. The molecule has 0 atom stereocenters. The maximum Gasteiger partial charge on any atom is 0.207 e. The van der Waals surface area contributed by atoms with E-state index in [1.807, 2.05) is 66.9 Å². The van der Waals surface area contributed by atoms with Gasteiger partial charge < -0.3 is 15.6 Å². The van der Waals surface area contributed by atoms with Crippen molar-refractivity contribution in [3.63, 3.8) is 0 Å². The Morgan fingerprint density at radius 2 is 1.68 bits per heavy atom. The van der Waals surface area contributed by atoms with E-state index in [0.717, 1.165) is 60.7 Å². The van der Waals surface area contributed by atoms with Crippen molar-refractivity contribution in [2.24, 2.45) is 0 Å². The number of likely N-dealkylation sites (tertiary alicyclic amines) is 1. The van der Waals surface area contributed by atoms with Gasteiger partial charge in [-0.3, -0.25) is 14.5 Å². The van der Waals surface area contributed by atoms with E-state index < -0.39 is 0 Å². The number of piperidine rings is 1. The number of nitrogens with zero attached hydrogens (tertiary/aromatic N) is 2. The van der Waals surface area contributed by atoms with Crippen LogP contribution in [0, 0.1) is 13.8 Å². The monoisotopic (exact) mass is 518 g/mol. The Kier molecular flexibility index (Phi) is 9.89. The number of Topliss-reactive ketones (excluding diaryl/α,β-unsaturated/α-hetero) is 1. The Morgan fingerprint density at radius 3 is 2.19 bits per heavy atom. The smallest absolute Gasteiger partial charge is 0.207 e. The highest BCUT2D eigenvalue weighted by atomic mass is 35.5. The Hall–Kier alpha value is -3.61. The third kappa shape index (κ3) is 7.00. The van der Waals surface area contributed by atoms with Crippen LogP contribution in [0.1, 0.15) is 45.7 Å². The van der Waals surface area contributed by atoms with Crippen LogP contribution in [0.15, 0.2) is 61.7 Å². The standard InChI is InChI=1S/C23H26ClN3O2.C7H9N/c1-4-20-21(5-2)27(19-8-6-17(24)7-9-19)16(3)23(20)22(29)14-26-12-10-18(11-13-26)25-15-28;1-6-2-4-7(8)5-3-6/h4-9,15,18H,1-2,10-14H2,3H3,(H,25,28);2-5H,8H2,1H3. The maximum atomic E-state index is 13.3. The van der Waals surface area contributed by atoms with Crippen molar-refractivity contribution in [3.05, 3.63) is 94.8 Å². The average Bonchev–Trinajstić information content (AvgIpc) is 3.19. The van der Waals surface area contributed by atoms with Crippen molar-refractivity contribution < 1.29 is 9.59 Å². The molecule has 0 unspecified atom stereocenters. The Bertz CT molecular complexity index is 1220. The highest BCUT2D eigenvalue weighted by molar-refractivity contribution is 6.30. The second-order valence-electron chi connectivity index (χ2n) is 9.15. The Labute approximate surface area is 224 Å². The number of amides is 1. The first-order chi connectivity index (χ1) is 17.8. The van der Waals surface area contributed by atoms with Crippen molar-refractivity contribution in [1.82, 2.24) is 14.8 Å². The number of hydrogen-bond acceptors (Lipinski definition) is 4. The number of aromatic nitrogens is 1. The average molecular weight is 519 g/mol. The van der Waals surface area contributed by atoms with E-state index in [2.05, 4.69) is 23.4 Å². The lowest BCUT2D eigenvalue weighted by molar-refractivity contribution is -0.110. The molecule has 194 valence electrons. The molecule has 0 spiro atoms. The van der Waals surface area contributed by atoms with Crippen LogP contribution in [-0.4, -0.2) is 47.3 Å². The number of carbonyl (C=O) groups is 2. The van der Waals surface area contributed by atoms with E-state index >= 15 is 0 Å². The topological polar surface area (TPSA) is 80.4 Å². The second kappa shape index (κ2) is 13.1. The van der Waals surface area contributed by atoms with Crippen LogP contribution in [0.4, 0.5) is 5.69 Å². The summed E-state index contributed by atoms with van der Waals surface area (Å²) < 4.78 is 2.02. The molecule has 0 aliphatic carbocycles. The van der Waals surface area contributed by atoms with Gasteiger partial charge in [-0.2, -0.15) is 0 Å². The molecule has 1 fully saturated rings. The number of benzene rings is 2. The molecule has 3 N–H and O–H groups in total. The third-order valence-electron chi connectivity index (χ3n) is 6.58. The van der Waals surface area contributed by atoms with Gasteiger partial charge in [0.15, 0.2) is 5.78 Å². The number of nitrogens with one attached hydrogen (secondary N) is 1. The van der Waals surface area contributed by atoms with Gasteiger partial charge in [-0.05, 0) is 69.2 Å². The predicted octanol–water partition coefficient (Wildman–Crippen LogP) is 5.70. The molecule has 3 aromatic rings. The molecule has 37 heavy (non-hydrogen) atoms. The highest BCUT2D eigenvalue weighted by Gasteiger charge is 2.26. The van der Waals surface area contributed by atoms with Crippen LogP contribution < -0.4 is 11.1 Å². The summed E-state index contributed by atoms with van der Waals surface area (Å²) >= 11 is 6.04. The lowest BCUT2D eigenvalue weighted by atomic mass is 10.0. The number of aryl methyl sites for hydroxylation is 1. The molecule has 2 aromatic carbocycles. The summed E-state index contributed by atoms with van der Waals surface area (Å²) in [5, 5.41) is 3.49. The van der Waals surface area contributed by atoms with E-state index in [0.29, 0.717) is 17.1 Å². The van der Waals surface area contributed by atoms with Crippen molar-refractivity contribution >= 4 is 41.6 Å². The lowest BCUT2D eigenvalue weighted by Crippen LogP contribution is -2.43. The molecular weight excluding hydrogens is 484 g/mol. The van der Waals surface area contributed by atoms with Crippen LogP contribution in [-0.2, 0) is 4.79 Å². The summed E-state index contributed by atoms with van der Waals surface area (Å²) in [7, 11) is 0. The SMILES string of the molecule is C=Cc1c(C(=O)CN2CCC(NC=O)CC2)c(C)n(-c2ccc(Cl)cc2)c1C=C.Cc1ccc(N)cc1. The first-order valence-corrected chi connectivity index (χ1v) is 12.7. The van der Waals surface area contributed by atoms with Crippen LogP contribution >= 0.6 is 11.6 Å². The van der Waals surface area contributed by atoms with Crippen LogP contribution in [0.3, 0.4) is 0 Å². The largest absolute Gasteiger partial charge is 0.399 e. The molecule has 0 saturated carbocycles. The van der Waals surface area contributed by atoms with Crippen LogP contribution in [0.25, 0.3) is 17.8 Å². The van der Waals surface area contributed by atoms with E-state index in [1.165, 1.54) is 5.56 Å². The van der Waals surface area contributed by atoms with Gasteiger partial charge in [-0.15, -0.1) is 0 Å². The van der Waals surface area contributed by atoms with E-state index in [4.69, 9.17) is 17.3 Å². The van der Waals surface area contributed by atoms with Gasteiger partial charge in [0.2, 0.25) is 6.41 Å². The van der Waals surface area contributed by atoms with Gasteiger partial charge in [0, 0.05) is 52.3 Å². The lowest BCUT2D eigenvalue weighted by Gasteiger charge is -2.31. The molecule has 7 heteroatoms. The number of nitrogens with two attached hydrogens (primary N) is 1. The molecule has 0 bridgehead atoms. The summed E-state index contributed by atoms with van der Waals surface area (Å²) in [6.07, 6.45) is 5.93. The number of ketones is 1. The number of carbonyl (C=O) groups excluding carboxylic acids is 2. The first kappa shape index (κ1) is 28.0. The van der Waals surface area contributed by atoms with Crippen LogP contribution in [0.5, 0.6) is 0 Å². The summed E-state index contributed by atoms with van der Waals surface area (Å²) in [6, 6.07) is 15.5. The van der Waals surface area contributed by atoms with Crippen molar-refractivity contribution in [3.8, 4) is 5.69 Å². The Balaban J connectivity index is 0.000000405. The molecule has 4 rings (SSSR count). The van der Waals surface area contributed by atoms with E-state index in [1.54, 1.807) is 12.2 Å². The zero-order valence-electron chi connectivity index (χ0n) is 21.5. The first-order valence-electron chi connectivity index (χ1n) is 12.3. The summed E-state index contributed by atoms with van der Waals surface area (Å²) in [4.78, 5) is 26.0. The fraction of sp³-hybridized carbons (Fsp3) is 0.267. The van der Waals surface area contributed by atoms with Crippen LogP contribution in [0.2, 0.25) is 5.02 Å². The minimum Gasteiger partial charge on any atom is -0.399 e. The fourth-order valence-corrected chi connectivity index (χ4v) is 4.75. The maximum absolute atomic E-state index is 13.3. The minimum atomic E-state index is 0.0648. The zero-order valence-corrected chi connectivity index (χ0v) is 22.3. The normalized spacial score (nSPS) is 13.8. The number of rotatable bonds is 8. The molecule has 1 saturated heterocycles. The molecule has 1 aliphatic heterocycles. The number of nitrogen functional groups attached to an aromatic ring is 1. The Morgan fingerprint density at radius 1 is 1.05 bits per heavy atom. The molecule has 1 amide bonds. The van der Waals surface area contributed by atoms with E-state index in [9.17, 15) is 9.59 Å². The van der Waals surface area contributed by atoms with Gasteiger partial charge in [0.05, 0.1) is 12.2 Å². The zero-order chi connectivity index (χ0) is 26.9. The molecule has 1 aromatic heterocycles. The molecule has 2 heterocycles. The molecule has 1 aliphatic rings. The molecule has 6 nitrogen and oxygen atoms in total. The third-order valence-corrected chi connectivity index (χ3v) is 6.83. The minimum absolute atomic E-state index is 0.0648. The molecular formula is C30H35ClN4O2. The predicted molar refractivity (Wildman–Crippen MR) is 154 cm³/mol. The number of hydrogen-bond donors (Lipinski definition) is 2. The van der Waals surface area contributed by atoms with Gasteiger partial charge in [-0.1, -0.05) is 48.5 Å². The van der Waals surface area contributed by atoms with Gasteiger partial charge in [-0.25, -0.2) is 0 Å². The van der Waals surface area contributed by atoms with Gasteiger partial charge in [0.25, 0.3) is 0 Å². The summed E-state index contributed by atoms with van der Waals surface area (Å²) in [6.45, 7) is 13.8. The van der Waals surface area contributed by atoms with E-state index in [-0.39, 0.29) is 11.8 Å².